The highest BCUT2D eigenvalue weighted by molar-refractivity contribution is 5.89. The maximum Gasteiger partial charge on any atom is 0.407 e. The van der Waals surface area contributed by atoms with Gasteiger partial charge in [-0.2, -0.15) is 0 Å². The number of fused-ring (bicyclic) bond motifs is 3. The number of amides is 3. The third-order valence-electron chi connectivity index (χ3n) is 7.56. The smallest absolute Gasteiger partial charge is 0.407 e. The molecule has 3 aromatic carbocycles. The number of carbonyl (C=O) groups excluding carboxylic acids is 3. The van der Waals surface area contributed by atoms with Crippen molar-refractivity contribution in [1.29, 1.82) is 0 Å². The highest BCUT2D eigenvalue weighted by Crippen LogP contribution is 2.44. The molecule has 3 atom stereocenters. The van der Waals surface area contributed by atoms with E-state index in [1.807, 2.05) is 48.5 Å². The first kappa shape index (κ1) is 34.0. The van der Waals surface area contributed by atoms with Crippen molar-refractivity contribution >= 4 is 24.1 Å². The van der Waals surface area contributed by atoms with Crippen molar-refractivity contribution in [3.8, 4) is 11.1 Å². The van der Waals surface area contributed by atoms with Gasteiger partial charge in [0.25, 0.3) is 0 Å². The lowest BCUT2D eigenvalue weighted by Gasteiger charge is -2.25. The topological polar surface area (TPSA) is 163 Å². The number of carboxylic acid groups (broad SMARTS) is 1. The number of rotatable bonds is 13. The van der Waals surface area contributed by atoms with Crippen LogP contribution in [-0.2, 0) is 19.1 Å². The maximum absolute atomic E-state index is 13.4. The molecular formula is C35H41N3O8. The predicted molar refractivity (Wildman–Crippen MR) is 171 cm³/mol. The normalized spacial score (nSPS) is 14.2. The number of carbonyl (C=O) groups is 4. The lowest BCUT2D eigenvalue weighted by atomic mass is 9.98. The molecule has 0 radical (unpaired) electrons. The molecule has 4 rings (SSSR count). The second-order valence-corrected chi connectivity index (χ2v) is 12.1. The minimum absolute atomic E-state index is 0.0263. The fourth-order valence-corrected chi connectivity index (χ4v) is 5.40. The molecule has 3 amide bonds. The Balaban J connectivity index is 1.41. The third kappa shape index (κ3) is 9.07. The largest absolute Gasteiger partial charge is 0.480 e. The molecule has 11 nitrogen and oxygen atoms in total. The van der Waals surface area contributed by atoms with Crippen LogP contribution < -0.4 is 16.0 Å². The van der Waals surface area contributed by atoms with Crippen molar-refractivity contribution in [3.63, 3.8) is 0 Å². The molecule has 0 saturated heterocycles. The summed E-state index contributed by atoms with van der Waals surface area (Å²) in [4.78, 5) is 50.5. The Hall–Kier alpha value is -4.90. The van der Waals surface area contributed by atoms with Crippen LogP contribution in [0.1, 0.15) is 68.7 Å². The van der Waals surface area contributed by atoms with Gasteiger partial charge in [0.2, 0.25) is 5.91 Å². The van der Waals surface area contributed by atoms with E-state index >= 15 is 0 Å². The zero-order valence-corrected chi connectivity index (χ0v) is 26.2. The number of ether oxygens (including phenoxy) is 2. The molecule has 5 N–H and O–H groups in total. The van der Waals surface area contributed by atoms with Gasteiger partial charge in [-0.25, -0.2) is 14.4 Å². The van der Waals surface area contributed by atoms with Crippen LogP contribution in [0.15, 0.2) is 78.9 Å². The lowest BCUT2D eigenvalue weighted by Crippen LogP contribution is -2.53. The molecule has 0 aromatic heterocycles. The fourth-order valence-electron chi connectivity index (χ4n) is 5.40. The van der Waals surface area contributed by atoms with Gasteiger partial charge < -0.3 is 35.6 Å². The van der Waals surface area contributed by atoms with E-state index in [1.54, 1.807) is 51.1 Å². The first-order chi connectivity index (χ1) is 21.9. The Morgan fingerprint density at radius 1 is 0.804 bits per heavy atom. The molecule has 3 aromatic rings. The van der Waals surface area contributed by atoms with E-state index in [0.29, 0.717) is 18.4 Å². The van der Waals surface area contributed by atoms with Crippen LogP contribution in [0, 0.1) is 0 Å². The van der Waals surface area contributed by atoms with Gasteiger partial charge in [0.05, 0.1) is 0 Å². The number of unbranched alkanes of at least 4 members (excludes halogenated alkanes) is 1. The number of aliphatic hydroxyl groups is 1. The van der Waals surface area contributed by atoms with Gasteiger partial charge in [-0.1, -0.05) is 78.9 Å². The number of carboxylic acids is 1. The molecule has 1 aliphatic rings. The first-order valence-corrected chi connectivity index (χ1v) is 15.3. The van der Waals surface area contributed by atoms with Crippen LogP contribution in [0.5, 0.6) is 0 Å². The van der Waals surface area contributed by atoms with E-state index < -0.39 is 47.9 Å². The van der Waals surface area contributed by atoms with Crippen LogP contribution in [0.25, 0.3) is 11.1 Å². The quantitative estimate of drug-likeness (QED) is 0.167. The second-order valence-electron chi connectivity index (χ2n) is 12.1. The van der Waals surface area contributed by atoms with Gasteiger partial charge in [0, 0.05) is 12.5 Å². The van der Waals surface area contributed by atoms with Crippen LogP contribution in [0.4, 0.5) is 9.59 Å². The van der Waals surface area contributed by atoms with Crippen LogP contribution in [0.3, 0.4) is 0 Å². The molecule has 0 bridgehead atoms. The SMILES string of the molecule is CC(C)(C)OC(=O)NCCCC[C@H](NC(=O)OCC1c2ccccc2-c2ccccc21)C(=O)NC(C(=O)O)C(O)c1ccccc1. The number of benzene rings is 3. The van der Waals surface area contributed by atoms with E-state index in [4.69, 9.17) is 9.47 Å². The summed E-state index contributed by atoms with van der Waals surface area (Å²) in [6.45, 7) is 5.55. The highest BCUT2D eigenvalue weighted by Gasteiger charge is 2.33. The van der Waals surface area contributed by atoms with E-state index in [-0.39, 0.29) is 25.5 Å². The average Bonchev–Trinajstić information content (AvgIpc) is 3.34. The van der Waals surface area contributed by atoms with Gasteiger partial charge in [0.1, 0.15) is 24.4 Å². The van der Waals surface area contributed by atoms with Crippen molar-refractivity contribution in [2.75, 3.05) is 13.2 Å². The van der Waals surface area contributed by atoms with E-state index in [0.717, 1.165) is 22.3 Å². The standard InChI is InChI=1S/C35H41N3O8/c1-35(2,3)46-33(43)36-20-12-11-19-28(31(40)38-29(32(41)42)30(39)22-13-5-4-6-14-22)37-34(44)45-21-27-25-17-9-7-15-23(25)24-16-8-10-18-26(24)27/h4-10,13-18,27-30,39H,11-12,19-21H2,1-3H3,(H,36,43)(H,37,44)(H,38,40)(H,41,42)/t28-,29?,30?/m0/s1. The molecular weight excluding hydrogens is 590 g/mol. The van der Waals surface area contributed by atoms with E-state index in [9.17, 15) is 29.4 Å². The average molecular weight is 632 g/mol. The van der Waals surface area contributed by atoms with Gasteiger partial charge in [-0.05, 0) is 67.9 Å². The van der Waals surface area contributed by atoms with Crippen molar-refractivity contribution < 1.29 is 38.9 Å². The highest BCUT2D eigenvalue weighted by atomic mass is 16.6. The summed E-state index contributed by atoms with van der Waals surface area (Å²) in [6.07, 6.45) is -2.00. The summed E-state index contributed by atoms with van der Waals surface area (Å²) in [6, 6.07) is 21.1. The Kier molecular flexibility index (Phi) is 11.4. The Bertz CT molecular complexity index is 1480. The number of alkyl carbamates (subject to hydrolysis) is 2. The van der Waals surface area contributed by atoms with Gasteiger partial charge in [0.15, 0.2) is 6.04 Å². The predicted octanol–water partition coefficient (Wildman–Crippen LogP) is 4.89. The maximum atomic E-state index is 13.4. The minimum atomic E-state index is -1.67. The molecule has 0 saturated carbocycles. The monoisotopic (exact) mass is 631 g/mol. The van der Waals surface area contributed by atoms with Gasteiger partial charge >= 0.3 is 18.2 Å². The summed E-state index contributed by atoms with van der Waals surface area (Å²) in [5.41, 5.74) is 3.86. The molecule has 0 aliphatic heterocycles. The number of nitrogens with one attached hydrogen (secondary N) is 3. The van der Waals surface area contributed by atoms with Crippen LogP contribution in [0.2, 0.25) is 0 Å². The van der Waals surface area contributed by atoms with Gasteiger partial charge in [-0.15, -0.1) is 0 Å². The molecule has 0 heterocycles. The zero-order chi connectivity index (χ0) is 33.3. The molecule has 46 heavy (non-hydrogen) atoms. The number of aliphatic hydroxyl groups excluding tert-OH is 1. The van der Waals surface area contributed by atoms with Crippen molar-refractivity contribution in [1.82, 2.24) is 16.0 Å². The molecule has 2 unspecified atom stereocenters. The van der Waals surface area contributed by atoms with Gasteiger partial charge in [-0.3, -0.25) is 4.79 Å². The summed E-state index contributed by atoms with van der Waals surface area (Å²) in [5, 5.41) is 28.2. The minimum Gasteiger partial charge on any atom is -0.480 e. The first-order valence-electron chi connectivity index (χ1n) is 15.3. The third-order valence-corrected chi connectivity index (χ3v) is 7.56. The number of hydrogen-bond donors (Lipinski definition) is 5. The molecule has 0 spiro atoms. The Labute approximate surface area is 268 Å². The number of hydrogen-bond acceptors (Lipinski definition) is 7. The number of aliphatic carboxylic acids is 1. The molecule has 11 heteroatoms. The summed E-state index contributed by atoms with van der Waals surface area (Å²) in [7, 11) is 0. The van der Waals surface area contributed by atoms with Crippen molar-refractivity contribution in [3.05, 3.63) is 95.6 Å². The summed E-state index contributed by atoms with van der Waals surface area (Å²) >= 11 is 0. The summed E-state index contributed by atoms with van der Waals surface area (Å²) < 4.78 is 10.9. The molecule has 0 fully saturated rings. The zero-order valence-electron chi connectivity index (χ0n) is 26.2. The molecule has 1 aliphatic carbocycles. The fraction of sp³-hybridized carbons (Fsp3) is 0.371. The lowest BCUT2D eigenvalue weighted by molar-refractivity contribution is -0.145. The molecule has 244 valence electrons. The van der Waals surface area contributed by atoms with E-state index in [1.165, 1.54) is 0 Å². The Morgan fingerprint density at radius 3 is 1.98 bits per heavy atom. The van der Waals surface area contributed by atoms with Crippen molar-refractivity contribution in [2.24, 2.45) is 0 Å². The van der Waals surface area contributed by atoms with Crippen molar-refractivity contribution in [2.45, 2.75) is 69.7 Å². The van der Waals surface area contributed by atoms with E-state index in [2.05, 4.69) is 16.0 Å². The summed E-state index contributed by atoms with van der Waals surface area (Å²) in [5.74, 6) is -2.43. The van der Waals surface area contributed by atoms with Crippen LogP contribution in [-0.4, -0.2) is 65.1 Å². The second kappa shape index (κ2) is 15.4. The van der Waals surface area contributed by atoms with Crippen LogP contribution >= 0.6 is 0 Å². The Morgan fingerprint density at radius 2 is 1.39 bits per heavy atom.